The first-order valence-corrected chi connectivity index (χ1v) is 11.6. The molecule has 0 aliphatic carbocycles. The van der Waals surface area contributed by atoms with Crippen LogP contribution in [0.3, 0.4) is 0 Å². The largest absolute Gasteiger partial charge is 0.342 e. The van der Waals surface area contributed by atoms with E-state index < -0.39 is 10.0 Å². The van der Waals surface area contributed by atoms with Gasteiger partial charge >= 0.3 is 0 Å². The number of anilines is 2. The molecule has 1 aromatic heterocycles. The lowest BCUT2D eigenvalue weighted by molar-refractivity contribution is -0.129. The summed E-state index contributed by atoms with van der Waals surface area (Å²) in [6, 6.07) is 7.13. The van der Waals surface area contributed by atoms with Crippen LogP contribution in [-0.2, 0) is 21.2 Å². The van der Waals surface area contributed by atoms with Gasteiger partial charge in [-0.05, 0) is 37.5 Å². The van der Waals surface area contributed by atoms with Crippen LogP contribution in [0.4, 0.5) is 10.8 Å². The normalized spacial score (nSPS) is 14.1. The number of aryl methyl sites for hydroxylation is 1. The van der Waals surface area contributed by atoms with Gasteiger partial charge in [-0.1, -0.05) is 23.5 Å². The molecule has 1 aromatic carbocycles. The number of aromatic nitrogens is 1. The van der Waals surface area contributed by atoms with Crippen molar-refractivity contribution in [3.05, 3.63) is 40.4 Å². The summed E-state index contributed by atoms with van der Waals surface area (Å²) in [5.74, 6) is -0.238. The number of rotatable bonds is 6. The molecule has 2 aromatic rings. The van der Waals surface area contributed by atoms with Crippen LogP contribution in [0.5, 0.6) is 0 Å². The maximum atomic E-state index is 12.5. The Kier molecular flexibility index (Phi) is 5.99. The van der Waals surface area contributed by atoms with Crippen LogP contribution in [0, 0.1) is 6.92 Å². The van der Waals surface area contributed by atoms with Gasteiger partial charge in [0.2, 0.25) is 15.9 Å². The second kappa shape index (κ2) is 8.27. The zero-order chi connectivity index (χ0) is 20.3. The number of benzene rings is 1. The van der Waals surface area contributed by atoms with E-state index in [4.69, 9.17) is 0 Å². The fourth-order valence-corrected chi connectivity index (χ4v) is 4.65. The van der Waals surface area contributed by atoms with Crippen LogP contribution in [0.1, 0.15) is 33.8 Å². The molecule has 150 valence electrons. The Labute approximate surface area is 168 Å². The highest BCUT2D eigenvalue weighted by Crippen LogP contribution is 2.24. The molecule has 8 nitrogen and oxygen atoms in total. The number of carbonyl (C=O) groups excluding carboxylic acids is 2. The minimum absolute atomic E-state index is 0.125. The Hall–Kier alpha value is -2.46. The fraction of sp³-hybridized carbons (Fsp3) is 0.389. The van der Waals surface area contributed by atoms with Gasteiger partial charge in [0, 0.05) is 18.8 Å². The Balaban J connectivity index is 1.62. The van der Waals surface area contributed by atoms with Crippen molar-refractivity contribution in [1.29, 1.82) is 0 Å². The van der Waals surface area contributed by atoms with Gasteiger partial charge in [-0.3, -0.25) is 14.3 Å². The van der Waals surface area contributed by atoms with E-state index in [-0.39, 0.29) is 16.9 Å². The maximum absolute atomic E-state index is 12.5. The molecule has 0 saturated carbocycles. The van der Waals surface area contributed by atoms with E-state index in [9.17, 15) is 18.0 Å². The second-order valence-corrected chi connectivity index (χ2v) is 9.47. The average Bonchev–Trinajstić information content (AvgIpc) is 3.25. The van der Waals surface area contributed by atoms with Crippen LogP contribution in [0.2, 0.25) is 0 Å². The summed E-state index contributed by atoms with van der Waals surface area (Å²) in [6.45, 7) is 3.31. The standard InChI is InChI=1S/C18H22N4O4S2/c1-12-16(27-18(19-12)21-28(2,25)26)17(24)20-14-7-5-13(6-8-14)11-15(23)22-9-3-4-10-22/h5-8H,3-4,9-11H2,1-2H3,(H,19,21)(H,20,24). The predicted octanol–water partition coefficient (Wildman–Crippen LogP) is 2.24. The topological polar surface area (TPSA) is 108 Å². The van der Waals surface area contributed by atoms with Crippen molar-refractivity contribution in [2.45, 2.75) is 26.2 Å². The molecular weight excluding hydrogens is 400 g/mol. The molecule has 2 N–H and O–H groups in total. The van der Waals surface area contributed by atoms with Gasteiger partial charge in [0.15, 0.2) is 5.13 Å². The summed E-state index contributed by atoms with van der Waals surface area (Å²) < 4.78 is 24.9. The number of nitrogens with one attached hydrogen (secondary N) is 2. The molecule has 0 spiro atoms. The van der Waals surface area contributed by atoms with Crippen LogP contribution >= 0.6 is 11.3 Å². The number of hydrogen-bond donors (Lipinski definition) is 2. The van der Waals surface area contributed by atoms with Crippen molar-refractivity contribution in [3.63, 3.8) is 0 Å². The molecule has 0 radical (unpaired) electrons. The SMILES string of the molecule is Cc1nc(NS(C)(=O)=O)sc1C(=O)Nc1ccc(CC(=O)N2CCCC2)cc1. The van der Waals surface area contributed by atoms with Crippen LogP contribution < -0.4 is 10.0 Å². The summed E-state index contributed by atoms with van der Waals surface area (Å²) in [5.41, 5.74) is 1.93. The van der Waals surface area contributed by atoms with Crippen molar-refractivity contribution in [1.82, 2.24) is 9.88 Å². The van der Waals surface area contributed by atoms with E-state index in [1.807, 2.05) is 17.0 Å². The summed E-state index contributed by atoms with van der Waals surface area (Å²) in [7, 11) is -3.45. The third-order valence-electron chi connectivity index (χ3n) is 4.30. The summed E-state index contributed by atoms with van der Waals surface area (Å²) >= 11 is 0.976. The molecule has 1 aliphatic heterocycles. The number of hydrogen-bond acceptors (Lipinski definition) is 6. The lowest BCUT2D eigenvalue weighted by atomic mass is 10.1. The molecular formula is C18H22N4O4S2. The van der Waals surface area contributed by atoms with Gasteiger partial charge in [0.25, 0.3) is 5.91 Å². The van der Waals surface area contributed by atoms with Crippen molar-refractivity contribution < 1.29 is 18.0 Å². The van der Waals surface area contributed by atoms with E-state index in [0.29, 0.717) is 22.7 Å². The third kappa shape index (κ3) is 5.29. The van der Waals surface area contributed by atoms with E-state index >= 15 is 0 Å². The van der Waals surface area contributed by atoms with Gasteiger partial charge in [-0.15, -0.1) is 0 Å². The minimum atomic E-state index is -3.45. The number of likely N-dealkylation sites (tertiary alicyclic amines) is 1. The highest BCUT2D eigenvalue weighted by Gasteiger charge is 2.19. The molecule has 1 saturated heterocycles. The quantitative estimate of drug-likeness (QED) is 0.742. The van der Waals surface area contributed by atoms with Crippen molar-refractivity contribution in [2.24, 2.45) is 0 Å². The van der Waals surface area contributed by atoms with Crippen molar-refractivity contribution >= 4 is 44.0 Å². The van der Waals surface area contributed by atoms with Crippen LogP contribution in [-0.4, -0.2) is 49.5 Å². The lowest BCUT2D eigenvalue weighted by Crippen LogP contribution is -2.29. The van der Waals surface area contributed by atoms with Gasteiger partial charge in [0.1, 0.15) is 4.88 Å². The lowest BCUT2D eigenvalue weighted by Gasteiger charge is -2.15. The molecule has 28 heavy (non-hydrogen) atoms. The Morgan fingerprint density at radius 3 is 2.43 bits per heavy atom. The molecule has 3 rings (SSSR count). The zero-order valence-electron chi connectivity index (χ0n) is 15.7. The summed E-state index contributed by atoms with van der Waals surface area (Å²) in [5, 5.41) is 2.92. The molecule has 1 fully saturated rings. The first kappa shape index (κ1) is 20.3. The van der Waals surface area contributed by atoms with E-state index in [1.54, 1.807) is 19.1 Å². The van der Waals surface area contributed by atoms with Crippen molar-refractivity contribution in [3.8, 4) is 0 Å². The Morgan fingerprint density at radius 2 is 1.82 bits per heavy atom. The van der Waals surface area contributed by atoms with E-state index in [2.05, 4.69) is 15.0 Å². The molecule has 1 aliphatic rings. The summed E-state index contributed by atoms with van der Waals surface area (Å²) in [4.78, 5) is 31.0. The molecule has 0 atom stereocenters. The fourth-order valence-electron chi connectivity index (χ4n) is 2.96. The molecule has 0 bridgehead atoms. The molecule has 2 heterocycles. The number of nitrogens with zero attached hydrogens (tertiary/aromatic N) is 2. The van der Waals surface area contributed by atoms with E-state index in [0.717, 1.165) is 49.1 Å². The minimum Gasteiger partial charge on any atom is -0.342 e. The maximum Gasteiger partial charge on any atom is 0.267 e. The average molecular weight is 423 g/mol. The Bertz CT molecular complexity index is 978. The van der Waals surface area contributed by atoms with Gasteiger partial charge in [-0.25, -0.2) is 13.4 Å². The van der Waals surface area contributed by atoms with Gasteiger partial charge in [-0.2, -0.15) is 0 Å². The number of sulfonamides is 1. The highest BCUT2D eigenvalue weighted by atomic mass is 32.2. The predicted molar refractivity (Wildman–Crippen MR) is 109 cm³/mol. The highest BCUT2D eigenvalue weighted by molar-refractivity contribution is 7.92. The van der Waals surface area contributed by atoms with Crippen LogP contribution in [0.15, 0.2) is 24.3 Å². The number of amides is 2. The van der Waals surface area contributed by atoms with Crippen LogP contribution in [0.25, 0.3) is 0 Å². The number of thiazole rings is 1. The monoisotopic (exact) mass is 422 g/mol. The molecule has 10 heteroatoms. The zero-order valence-corrected chi connectivity index (χ0v) is 17.3. The Morgan fingerprint density at radius 1 is 1.18 bits per heavy atom. The number of carbonyl (C=O) groups is 2. The van der Waals surface area contributed by atoms with Gasteiger partial charge < -0.3 is 10.2 Å². The third-order valence-corrected chi connectivity index (χ3v) is 6.07. The molecule has 0 unspecified atom stereocenters. The van der Waals surface area contributed by atoms with Gasteiger partial charge in [0.05, 0.1) is 18.4 Å². The first-order valence-electron chi connectivity index (χ1n) is 8.84. The first-order chi connectivity index (χ1) is 13.2. The molecule has 2 amide bonds. The second-order valence-electron chi connectivity index (χ2n) is 6.72. The van der Waals surface area contributed by atoms with Crippen molar-refractivity contribution in [2.75, 3.05) is 29.4 Å². The summed E-state index contributed by atoms with van der Waals surface area (Å²) in [6.07, 6.45) is 3.51. The smallest absolute Gasteiger partial charge is 0.267 e. The van der Waals surface area contributed by atoms with E-state index in [1.165, 1.54) is 0 Å².